The summed E-state index contributed by atoms with van der Waals surface area (Å²) < 4.78 is 14.8. The molecule has 114 heavy (non-hydrogen) atoms. The average molecular weight is 1560 g/mol. The van der Waals surface area contributed by atoms with Crippen molar-refractivity contribution >= 4 is 150 Å². The van der Waals surface area contributed by atoms with Crippen molar-refractivity contribution in [2.75, 3.05) is 0 Å². The molecule has 0 atom stereocenters. The van der Waals surface area contributed by atoms with E-state index in [-0.39, 0.29) is 0 Å². The molecule has 0 N–H and O–H groups in total. The number of thiophene rings is 2. The molecule has 4 nitrogen and oxygen atoms in total. The Labute approximate surface area is 698 Å². The lowest BCUT2D eigenvalue weighted by atomic mass is 10.0. The van der Waals surface area contributed by atoms with Crippen molar-refractivity contribution < 1.29 is 0 Å². The van der Waals surface area contributed by atoms with Gasteiger partial charge in [0, 0.05) is 140 Å². The standard InChI is InChI=1S/2C33H24N2S.2C9H12.12C2H6/c1-34-28-9-5-3-7-22(28)26-18-20(11-15-29(26)34)17-21-12-16-30-27(19-21)24-13-14-25-23-8-4-6-10-31(23)36-33(25)32(24)35(30)2;1-34-27-9-5-3-7-22(27)25-18-20(11-14-28(25)34)17-21-12-15-29-26(19-21)23-13-16-31-32(33(23)35(29)2)24-8-4-6-10-30(24)36-31;2*1-3-9-7-5-4-6-8(9)2;12*1-2/h2*3-16,18-19H,17H2,1-2H3;2*4-7H,3H2,1-2H3;12*1-2H3. The van der Waals surface area contributed by atoms with Crippen LogP contribution in [0.5, 0.6) is 0 Å². The Balaban J connectivity index is 0.000000401. The van der Waals surface area contributed by atoms with Crippen LogP contribution in [-0.4, -0.2) is 18.3 Å². The molecule has 0 aliphatic heterocycles. The number of rotatable bonds is 6. The number of aryl methyl sites for hydroxylation is 8. The van der Waals surface area contributed by atoms with Crippen molar-refractivity contribution in [2.24, 2.45) is 28.2 Å². The van der Waals surface area contributed by atoms with Gasteiger partial charge in [-0.3, -0.25) is 0 Å². The number of benzene rings is 12. The van der Waals surface area contributed by atoms with Crippen molar-refractivity contribution in [3.05, 3.63) is 287 Å². The SMILES string of the molecule is CC.CC.CC.CC.CC.CC.CC.CC.CC.CC.CC.CC.CCc1ccccc1C.CCc1ccccc1C.Cn1c2ccccc2c2cc(Cc3ccc4c(c3)c3ccc5c6ccccc6sc5c3n4C)ccc21.Cn1c2ccccc2c2cc(Cc3ccc4c(c3)c3ccc5sc6ccccc6c5c3n4C)ccc21. The highest BCUT2D eigenvalue weighted by Crippen LogP contribution is 2.44. The van der Waals surface area contributed by atoms with Crippen LogP contribution in [-0.2, 0) is 53.9 Å². The van der Waals surface area contributed by atoms with E-state index < -0.39 is 0 Å². The van der Waals surface area contributed by atoms with Gasteiger partial charge >= 0.3 is 0 Å². The summed E-state index contributed by atoms with van der Waals surface area (Å²) in [5.74, 6) is 0. The van der Waals surface area contributed by atoms with Crippen molar-refractivity contribution in [3.8, 4) is 0 Å². The van der Waals surface area contributed by atoms with E-state index in [4.69, 9.17) is 0 Å². The van der Waals surface area contributed by atoms with Crippen LogP contribution in [0.2, 0.25) is 0 Å². The zero-order valence-electron chi connectivity index (χ0n) is 76.5. The minimum Gasteiger partial charge on any atom is -0.344 e. The largest absolute Gasteiger partial charge is 0.344 e. The number of aromatic nitrogens is 4. The van der Waals surface area contributed by atoms with Gasteiger partial charge in [0.25, 0.3) is 0 Å². The molecule has 18 aromatic rings. The Hall–Kier alpha value is -9.72. The number of fused-ring (bicyclic) bond motifs is 20. The topological polar surface area (TPSA) is 19.7 Å². The van der Waals surface area contributed by atoms with E-state index in [2.05, 4.69) is 317 Å². The Bertz CT molecular complexity index is 5740. The molecule has 0 saturated heterocycles. The van der Waals surface area contributed by atoms with E-state index >= 15 is 0 Å². The lowest BCUT2D eigenvalue weighted by Gasteiger charge is -2.05. The number of nitrogens with zero attached hydrogens (tertiary/aromatic N) is 4. The first kappa shape index (κ1) is 98.5. The van der Waals surface area contributed by atoms with E-state index in [1.54, 1.807) is 0 Å². The molecule has 0 fully saturated rings. The quantitative estimate of drug-likeness (QED) is 0.158. The lowest BCUT2D eigenvalue weighted by Crippen LogP contribution is -1.91. The highest BCUT2D eigenvalue weighted by Gasteiger charge is 2.19. The van der Waals surface area contributed by atoms with Crippen LogP contribution in [0.3, 0.4) is 0 Å². The van der Waals surface area contributed by atoms with E-state index in [9.17, 15) is 0 Å². The predicted molar refractivity (Wildman–Crippen MR) is 530 cm³/mol. The minimum absolute atomic E-state index is 0.926. The van der Waals surface area contributed by atoms with Crippen molar-refractivity contribution in [3.63, 3.8) is 0 Å². The molecule has 608 valence electrons. The van der Waals surface area contributed by atoms with Crippen LogP contribution in [0.4, 0.5) is 0 Å². The molecule has 6 heteroatoms. The molecule has 0 saturated carbocycles. The third-order valence-electron chi connectivity index (χ3n) is 19.2. The van der Waals surface area contributed by atoms with Crippen LogP contribution >= 0.6 is 22.7 Å². The molecule has 0 spiro atoms. The molecular formula is C108H144N4S2. The maximum atomic E-state index is 2.41. The van der Waals surface area contributed by atoms with Gasteiger partial charge in [-0.1, -0.05) is 344 Å². The molecule has 0 amide bonds. The zero-order chi connectivity index (χ0) is 85.3. The Kier molecular flexibility index (Phi) is 44.8. The first-order chi connectivity index (χ1) is 56.0. The number of para-hydroxylation sites is 2. The summed E-state index contributed by atoms with van der Waals surface area (Å²) in [6.07, 6.45) is 4.14. The van der Waals surface area contributed by atoms with E-state index in [1.165, 1.54) is 172 Å². The molecule has 6 heterocycles. The summed E-state index contributed by atoms with van der Waals surface area (Å²) in [6, 6.07) is 89.1. The summed E-state index contributed by atoms with van der Waals surface area (Å²) in [5.41, 5.74) is 21.6. The fraction of sp³-hybridized carbons (Fsp3) is 0.333. The Morgan fingerprint density at radius 2 is 0.518 bits per heavy atom. The van der Waals surface area contributed by atoms with Gasteiger partial charge in [-0.05, 0) is 163 Å². The summed E-state index contributed by atoms with van der Waals surface area (Å²) in [7, 11) is 8.74. The van der Waals surface area contributed by atoms with Gasteiger partial charge in [0.1, 0.15) is 0 Å². The molecule has 6 aromatic heterocycles. The molecule has 0 unspecified atom stereocenters. The van der Waals surface area contributed by atoms with Crippen molar-refractivity contribution in [1.29, 1.82) is 0 Å². The molecular weight excluding hydrogens is 1420 g/mol. The molecule has 0 bridgehead atoms. The number of hydrogen-bond acceptors (Lipinski definition) is 2. The average Bonchev–Trinajstić information content (AvgIpc) is 1.58. The Morgan fingerprint density at radius 1 is 0.228 bits per heavy atom. The van der Waals surface area contributed by atoms with Gasteiger partial charge in [-0.15, -0.1) is 22.7 Å². The molecule has 12 aromatic carbocycles. The molecule has 0 radical (unpaired) electrons. The summed E-state index contributed by atoms with van der Waals surface area (Å²) in [5, 5.41) is 16.2. The first-order valence-corrected chi connectivity index (χ1v) is 45.3. The van der Waals surface area contributed by atoms with E-state index in [0.717, 1.165) is 25.7 Å². The third-order valence-corrected chi connectivity index (χ3v) is 21.5. The van der Waals surface area contributed by atoms with Gasteiger partial charge in [0.2, 0.25) is 0 Å². The van der Waals surface area contributed by atoms with Crippen LogP contribution < -0.4 is 0 Å². The smallest absolute Gasteiger partial charge is 0.0670 e. The fourth-order valence-electron chi connectivity index (χ4n) is 14.5. The maximum Gasteiger partial charge on any atom is 0.0670 e. The molecule has 0 aliphatic carbocycles. The highest BCUT2D eigenvalue weighted by molar-refractivity contribution is 7.27. The highest BCUT2D eigenvalue weighted by atomic mass is 32.1. The van der Waals surface area contributed by atoms with Crippen LogP contribution in [0, 0.1) is 13.8 Å². The fourth-order valence-corrected chi connectivity index (χ4v) is 16.9. The second-order valence-corrected chi connectivity index (χ2v) is 26.6. The van der Waals surface area contributed by atoms with Gasteiger partial charge in [-0.25, -0.2) is 0 Å². The Morgan fingerprint density at radius 3 is 0.904 bits per heavy atom. The van der Waals surface area contributed by atoms with Crippen molar-refractivity contribution in [2.45, 2.75) is 220 Å². The molecule has 0 aliphatic rings. The second kappa shape index (κ2) is 51.9. The van der Waals surface area contributed by atoms with Crippen LogP contribution in [0.15, 0.2) is 243 Å². The predicted octanol–water partition coefficient (Wildman–Crippen LogP) is 35.3. The van der Waals surface area contributed by atoms with Gasteiger partial charge in [0.05, 0.1) is 15.7 Å². The van der Waals surface area contributed by atoms with Crippen LogP contribution in [0.25, 0.3) is 128 Å². The normalized spacial score (nSPS) is 9.89. The second-order valence-electron chi connectivity index (χ2n) is 24.5. The summed E-state index contributed by atoms with van der Waals surface area (Å²) in [4.78, 5) is 0. The lowest BCUT2D eigenvalue weighted by molar-refractivity contribution is 1.01. The third kappa shape index (κ3) is 22.0. The maximum absolute atomic E-state index is 2.41. The van der Waals surface area contributed by atoms with E-state index in [0.29, 0.717) is 0 Å². The summed E-state index contributed by atoms with van der Waals surface area (Å²) >= 11 is 3.80. The summed E-state index contributed by atoms with van der Waals surface area (Å²) in [6.45, 7) is 56.7. The van der Waals surface area contributed by atoms with Crippen molar-refractivity contribution in [1.82, 2.24) is 18.3 Å². The number of hydrogen-bond donors (Lipinski definition) is 0. The monoisotopic (exact) mass is 1560 g/mol. The first-order valence-electron chi connectivity index (χ1n) is 43.7. The minimum atomic E-state index is 0.926. The van der Waals surface area contributed by atoms with E-state index in [1.807, 2.05) is 189 Å². The van der Waals surface area contributed by atoms with Crippen LogP contribution in [0.1, 0.15) is 225 Å². The zero-order valence-corrected chi connectivity index (χ0v) is 78.2. The van der Waals surface area contributed by atoms with Gasteiger partial charge in [0.15, 0.2) is 0 Å². The van der Waals surface area contributed by atoms with Gasteiger partial charge in [-0.2, -0.15) is 0 Å². The van der Waals surface area contributed by atoms with Gasteiger partial charge < -0.3 is 18.3 Å². The molecule has 18 rings (SSSR count).